The molecule has 0 aliphatic heterocycles. The number of rotatable bonds is 4. The number of hydrogen-bond acceptors (Lipinski definition) is 5. The summed E-state index contributed by atoms with van der Waals surface area (Å²) in [6.07, 6.45) is 5.28. The van der Waals surface area contributed by atoms with Crippen molar-refractivity contribution in [2.45, 2.75) is 0 Å². The minimum atomic E-state index is 0.567. The Morgan fingerprint density at radius 2 is 1.91 bits per heavy atom. The van der Waals surface area contributed by atoms with Crippen LogP contribution < -0.4 is 10.2 Å². The molecular weight excluding hydrogens is 274 g/mol. The highest BCUT2D eigenvalue weighted by Gasteiger charge is 2.04. The lowest BCUT2D eigenvalue weighted by Gasteiger charge is -2.14. The van der Waals surface area contributed by atoms with E-state index in [0.29, 0.717) is 5.95 Å². The highest BCUT2D eigenvalue weighted by Crippen LogP contribution is 2.21. The topological polar surface area (TPSA) is 53.9 Å². The quantitative estimate of drug-likeness (QED) is 0.799. The number of hydrogen-bond donors (Lipinski definition) is 1. The molecule has 5 nitrogen and oxygen atoms in total. The van der Waals surface area contributed by atoms with E-state index in [1.165, 1.54) is 0 Å². The number of nitrogens with one attached hydrogen (secondary N) is 1. The maximum Gasteiger partial charge on any atom is 0.227 e. The predicted molar refractivity (Wildman–Crippen MR) is 89.3 cm³/mol. The largest absolute Gasteiger partial charge is 0.378 e. The van der Waals surface area contributed by atoms with Gasteiger partial charge in [0.15, 0.2) is 0 Å². The highest BCUT2D eigenvalue weighted by atomic mass is 15.1. The van der Waals surface area contributed by atoms with Crippen molar-refractivity contribution in [2.75, 3.05) is 24.3 Å². The molecule has 2 aromatic heterocycles. The van der Waals surface area contributed by atoms with Crippen LogP contribution in [0.25, 0.3) is 11.3 Å². The van der Waals surface area contributed by atoms with E-state index in [1.807, 2.05) is 44.4 Å². The Balaban J connectivity index is 1.86. The van der Waals surface area contributed by atoms with E-state index >= 15 is 0 Å². The normalized spacial score (nSPS) is 10.3. The maximum absolute atomic E-state index is 4.54. The number of pyridine rings is 1. The van der Waals surface area contributed by atoms with Gasteiger partial charge in [0.2, 0.25) is 5.95 Å². The fourth-order valence-corrected chi connectivity index (χ4v) is 2.08. The Hall–Kier alpha value is -2.95. The predicted octanol–water partition coefficient (Wildman–Crippen LogP) is 3.35. The molecule has 0 aliphatic carbocycles. The van der Waals surface area contributed by atoms with Gasteiger partial charge in [-0.3, -0.25) is 4.98 Å². The molecule has 0 bridgehead atoms. The number of benzene rings is 1. The van der Waals surface area contributed by atoms with E-state index in [1.54, 1.807) is 18.6 Å². The standard InChI is InChI=1S/C17H17N5/c1-22(2)15-7-3-6-14(11-15)20-17-19-10-8-16(21-17)13-5-4-9-18-12-13/h3-12H,1-2H3,(H,19,20,21). The first kappa shape index (κ1) is 14.0. The molecule has 1 N–H and O–H groups in total. The van der Waals surface area contributed by atoms with Gasteiger partial charge in [-0.2, -0.15) is 0 Å². The highest BCUT2D eigenvalue weighted by molar-refractivity contribution is 5.64. The minimum absolute atomic E-state index is 0.567. The number of aromatic nitrogens is 3. The average molecular weight is 291 g/mol. The zero-order valence-electron chi connectivity index (χ0n) is 12.6. The second kappa shape index (κ2) is 6.22. The summed E-state index contributed by atoms with van der Waals surface area (Å²) in [6, 6.07) is 13.9. The third-order valence-corrected chi connectivity index (χ3v) is 3.23. The van der Waals surface area contributed by atoms with Crippen LogP contribution in [-0.4, -0.2) is 29.0 Å². The summed E-state index contributed by atoms with van der Waals surface area (Å²) in [5.74, 6) is 0.567. The summed E-state index contributed by atoms with van der Waals surface area (Å²) in [6.45, 7) is 0. The lowest BCUT2D eigenvalue weighted by molar-refractivity contribution is 1.13. The van der Waals surface area contributed by atoms with Gasteiger partial charge in [-0.1, -0.05) is 6.07 Å². The Morgan fingerprint density at radius 3 is 2.68 bits per heavy atom. The molecule has 2 heterocycles. The summed E-state index contributed by atoms with van der Waals surface area (Å²) in [7, 11) is 4.03. The lowest BCUT2D eigenvalue weighted by atomic mass is 10.2. The first-order valence-corrected chi connectivity index (χ1v) is 7.00. The third-order valence-electron chi connectivity index (χ3n) is 3.23. The van der Waals surface area contributed by atoms with E-state index < -0.39 is 0 Å². The van der Waals surface area contributed by atoms with Crippen molar-refractivity contribution in [1.29, 1.82) is 0 Å². The van der Waals surface area contributed by atoms with Gasteiger partial charge in [0.1, 0.15) is 0 Å². The molecule has 0 amide bonds. The number of anilines is 3. The molecule has 0 fully saturated rings. The molecule has 0 spiro atoms. The monoisotopic (exact) mass is 291 g/mol. The first-order chi connectivity index (χ1) is 10.7. The van der Waals surface area contributed by atoms with Crippen LogP contribution in [0.4, 0.5) is 17.3 Å². The van der Waals surface area contributed by atoms with Crippen LogP contribution in [0.3, 0.4) is 0 Å². The SMILES string of the molecule is CN(C)c1cccc(Nc2nccc(-c3cccnc3)n2)c1. The van der Waals surface area contributed by atoms with Crippen LogP contribution in [0.5, 0.6) is 0 Å². The van der Waals surface area contributed by atoms with Crippen LogP contribution in [0.1, 0.15) is 0 Å². The molecule has 0 atom stereocenters. The van der Waals surface area contributed by atoms with Gasteiger partial charge in [0.05, 0.1) is 5.69 Å². The van der Waals surface area contributed by atoms with Gasteiger partial charge in [0, 0.05) is 49.6 Å². The maximum atomic E-state index is 4.54. The van der Waals surface area contributed by atoms with Crippen LogP contribution >= 0.6 is 0 Å². The van der Waals surface area contributed by atoms with Gasteiger partial charge < -0.3 is 10.2 Å². The summed E-state index contributed by atoms with van der Waals surface area (Å²) >= 11 is 0. The Bertz CT molecular complexity index is 756. The molecule has 3 rings (SSSR count). The summed E-state index contributed by atoms with van der Waals surface area (Å²) < 4.78 is 0. The molecular formula is C17H17N5. The average Bonchev–Trinajstić information content (AvgIpc) is 2.56. The molecule has 1 aromatic carbocycles. The molecule has 0 saturated carbocycles. The van der Waals surface area contributed by atoms with Crippen molar-refractivity contribution in [3.8, 4) is 11.3 Å². The molecule has 110 valence electrons. The van der Waals surface area contributed by atoms with Gasteiger partial charge in [0.25, 0.3) is 0 Å². The molecule has 22 heavy (non-hydrogen) atoms. The van der Waals surface area contributed by atoms with E-state index in [2.05, 4.69) is 37.3 Å². The van der Waals surface area contributed by atoms with Crippen LogP contribution in [0, 0.1) is 0 Å². The summed E-state index contributed by atoms with van der Waals surface area (Å²) in [4.78, 5) is 15.0. The fourth-order valence-electron chi connectivity index (χ4n) is 2.08. The van der Waals surface area contributed by atoms with E-state index in [9.17, 15) is 0 Å². The third kappa shape index (κ3) is 3.20. The van der Waals surface area contributed by atoms with Crippen molar-refractivity contribution in [1.82, 2.24) is 15.0 Å². The zero-order chi connectivity index (χ0) is 15.4. The second-order valence-electron chi connectivity index (χ2n) is 5.08. The zero-order valence-corrected chi connectivity index (χ0v) is 12.6. The second-order valence-corrected chi connectivity index (χ2v) is 5.08. The van der Waals surface area contributed by atoms with Crippen molar-refractivity contribution in [3.05, 3.63) is 61.1 Å². The molecule has 0 radical (unpaired) electrons. The smallest absolute Gasteiger partial charge is 0.227 e. The van der Waals surface area contributed by atoms with Gasteiger partial charge in [-0.15, -0.1) is 0 Å². The van der Waals surface area contributed by atoms with Crippen molar-refractivity contribution >= 4 is 17.3 Å². The first-order valence-electron chi connectivity index (χ1n) is 7.00. The molecule has 5 heteroatoms. The van der Waals surface area contributed by atoms with Crippen LogP contribution in [0.15, 0.2) is 61.1 Å². The van der Waals surface area contributed by atoms with Gasteiger partial charge in [-0.05, 0) is 36.4 Å². The molecule has 0 unspecified atom stereocenters. The minimum Gasteiger partial charge on any atom is -0.378 e. The molecule has 3 aromatic rings. The molecule has 0 aliphatic rings. The van der Waals surface area contributed by atoms with Crippen molar-refractivity contribution in [2.24, 2.45) is 0 Å². The fraction of sp³-hybridized carbons (Fsp3) is 0.118. The van der Waals surface area contributed by atoms with Gasteiger partial charge in [-0.25, -0.2) is 9.97 Å². The Morgan fingerprint density at radius 1 is 1.00 bits per heavy atom. The summed E-state index contributed by atoms with van der Waals surface area (Å²) in [5.41, 5.74) is 3.88. The van der Waals surface area contributed by atoms with Crippen LogP contribution in [-0.2, 0) is 0 Å². The van der Waals surface area contributed by atoms with Crippen molar-refractivity contribution < 1.29 is 0 Å². The van der Waals surface area contributed by atoms with Gasteiger partial charge >= 0.3 is 0 Å². The van der Waals surface area contributed by atoms with E-state index in [-0.39, 0.29) is 0 Å². The lowest BCUT2D eigenvalue weighted by Crippen LogP contribution is -2.08. The van der Waals surface area contributed by atoms with E-state index in [0.717, 1.165) is 22.6 Å². The van der Waals surface area contributed by atoms with Crippen molar-refractivity contribution in [3.63, 3.8) is 0 Å². The summed E-state index contributed by atoms with van der Waals surface area (Å²) in [5, 5.41) is 3.24. The Labute approximate surface area is 129 Å². The Kier molecular flexibility index (Phi) is 3.96. The van der Waals surface area contributed by atoms with Crippen LogP contribution in [0.2, 0.25) is 0 Å². The number of nitrogens with zero attached hydrogens (tertiary/aromatic N) is 4. The van der Waals surface area contributed by atoms with E-state index in [4.69, 9.17) is 0 Å². The molecule has 0 saturated heterocycles.